The summed E-state index contributed by atoms with van der Waals surface area (Å²) in [5.74, 6) is 11.3. The molecular weight excluding hydrogens is 400 g/mol. The number of rotatable bonds is 13. The number of nitrogens with one attached hydrogen (secondary N) is 1. The number of carbonyl (C=O) groups is 1. The van der Waals surface area contributed by atoms with Crippen LogP contribution in [0.1, 0.15) is 70.3 Å². The standard InChI is InChI=1S/C23H32N2O4S/c1-2-3-4-5-6-7-8-9-10-11-12-13-14-23(26)25-20-19-21-15-17-22(18-16-21)29-30(24,27)28/h15-18H,2-9,14,19-20H2,1H3,(H,25,26)(H2,24,27,28). The van der Waals surface area contributed by atoms with Gasteiger partial charge in [0.2, 0.25) is 5.91 Å². The summed E-state index contributed by atoms with van der Waals surface area (Å²) in [5, 5.41) is 7.59. The molecule has 164 valence electrons. The topological polar surface area (TPSA) is 98.5 Å². The lowest BCUT2D eigenvalue weighted by Crippen LogP contribution is -2.24. The molecule has 0 aliphatic heterocycles. The summed E-state index contributed by atoms with van der Waals surface area (Å²) in [4.78, 5) is 11.8. The van der Waals surface area contributed by atoms with Gasteiger partial charge in [-0.15, -0.1) is 0 Å². The van der Waals surface area contributed by atoms with Gasteiger partial charge in [-0.1, -0.05) is 69.4 Å². The summed E-state index contributed by atoms with van der Waals surface area (Å²) in [6.45, 7) is 2.68. The van der Waals surface area contributed by atoms with Crippen LogP contribution in [0.5, 0.6) is 5.75 Å². The highest BCUT2D eigenvalue weighted by Gasteiger charge is 2.04. The number of hydrogen-bond donors (Lipinski definition) is 2. The van der Waals surface area contributed by atoms with Crippen LogP contribution in [-0.2, 0) is 21.5 Å². The van der Waals surface area contributed by atoms with Crippen molar-refractivity contribution in [2.45, 2.75) is 71.1 Å². The summed E-state index contributed by atoms with van der Waals surface area (Å²) >= 11 is 0. The van der Waals surface area contributed by atoms with Crippen molar-refractivity contribution in [3.8, 4) is 29.4 Å². The lowest BCUT2D eigenvalue weighted by Gasteiger charge is -2.05. The third-order valence-electron chi connectivity index (χ3n) is 4.27. The predicted molar refractivity (Wildman–Crippen MR) is 120 cm³/mol. The molecule has 0 aliphatic carbocycles. The average molecular weight is 433 g/mol. The molecule has 0 atom stereocenters. The zero-order valence-corrected chi connectivity index (χ0v) is 18.5. The molecular formula is C23H32N2O4S. The fourth-order valence-corrected chi connectivity index (χ4v) is 3.08. The van der Waals surface area contributed by atoms with E-state index in [1.807, 2.05) is 0 Å². The van der Waals surface area contributed by atoms with Gasteiger partial charge in [0, 0.05) is 13.0 Å². The van der Waals surface area contributed by atoms with E-state index in [2.05, 4.69) is 40.1 Å². The SMILES string of the molecule is CCCCCCCCCC#CC#CCC(=O)NCCc1ccc(OS(N)(=O)=O)cc1. The molecule has 0 spiro atoms. The Morgan fingerprint density at radius 3 is 2.30 bits per heavy atom. The van der Waals surface area contributed by atoms with Crippen molar-refractivity contribution >= 4 is 16.2 Å². The van der Waals surface area contributed by atoms with E-state index in [1.165, 1.54) is 50.7 Å². The zero-order valence-electron chi connectivity index (χ0n) is 17.7. The average Bonchev–Trinajstić information content (AvgIpc) is 2.69. The van der Waals surface area contributed by atoms with E-state index >= 15 is 0 Å². The molecule has 1 rings (SSSR count). The van der Waals surface area contributed by atoms with Gasteiger partial charge in [-0.2, -0.15) is 13.6 Å². The van der Waals surface area contributed by atoms with Crippen LogP contribution in [0.4, 0.5) is 0 Å². The summed E-state index contributed by atoms with van der Waals surface area (Å²) in [6, 6.07) is 6.46. The van der Waals surface area contributed by atoms with Crippen LogP contribution in [0.3, 0.4) is 0 Å². The lowest BCUT2D eigenvalue weighted by atomic mass is 10.1. The van der Waals surface area contributed by atoms with Crippen molar-refractivity contribution in [1.82, 2.24) is 5.32 Å². The molecule has 1 aromatic carbocycles. The second kappa shape index (κ2) is 15.4. The number of unbranched alkanes of at least 4 members (excludes halogenated alkanes) is 7. The van der Waals surface area contributed by atoms with Gasteiger partial charge in [-0.25, -0.2) is 0 Å². The van der Waals surface area contributed by atoms with E-state index in [1.54, 1.807) is 12.1 Å². The van der Waals surface area contributed by atoms with E-state index in [4.69, 9.17) is 5.14 Å². The largest absolute Gasteiger partial charge is 0.380 e. The second-order valence-electron chi connectivity index (χ2n) is 6.97. The molecule has 1 amide bonds. The minimum atomic E-state index is -4.02. The van der Waals surface area contributed by atoms with Crippen LogP contribution in [0.15, 0.2) is 24.3 Å². The molecule has 0 saturated heterocycles. The molecule has 1 aromatic rings. The van der Waals surface area contributed by atoms with Gasteiger partial charge in [0.1, 0.15) is 5.75 Å². The summed E-state index contributed by atoms with van der Waals surface area (Å²) in [5.41, 5.74) is 0.930. The first kappa shape index (κ1) is 25.6. The number of amides is 1. The van der Waals surface area contributed by atoms with Crippen LogP contribution in [0.25, 0.3) is 0 Å². The molecule has 0 fully saturated rings. The first-order valence-corrected chi connectivity index (χ1v) is 11.9. The summed E-state index contributed by atoms with van der Waals surface area (Å²) < 4.78 is 26.3. The Labute approximate surface area is 181 Å². The molecule has 0 radical (unpaired) electrons. The lowest BCUT2D eigenvalue weighted by molar-refractivity contribution is -0.120. The molecule has 7 heteroatoms. The molecule has 0 saturated carbocycles. The van der Waals surface area contributed by atoms with Gasteiger partial charge in [-0.05, 0) is 42.4 Å². The quantitative estimate of drug-likeness (QED) is 0.368. The highest BCUT2D eigenvalue weighted by atomic mass is 32.2. The van der Waals surface area contributed by atoms with Crippen LogP contribution >= 0.6 is 0 Å². The Morgan fingerprint density at radius 1 is 1.00 bits per heavy atom. The van der Waals surface area contributed by atoms with Crippen molar-refractivity contribution in [3.63, 3.8) is 0 Å². The van der Waals surface area contributed by atoms with Crippen molar-refractivity contribution in [2.75, 3.05) is 6.54 Å². The highest BCUT2D eigenvalue weighted by molar-refractivity contribution is 7.84. The Morgan fingerprint density at radius 2 is 1.63 bits per heavy atom. The van der Waals surface area contributed by atoms with Gasteiger partial charge < -0.3 is 9.50 Å². The first-order chi connectivity index (χ1) is 14.4. The Kier molecular flexibility index (Phi) is 13.1. The maximum Gasteiger partial charge on any atom is 0.380 e. The molecule has 0 aliphatic rings. The monoisotopic (exact) mass is 432 g/mol. The molecule has 30 heavy (non-hydrogen) atoms. The van der Waals surface area contributed by atoms with E-state index < -0.39 is 10.3 Å². The predicted octanol–water partition coefficient (Wildman–Crippen LogP) is 3.47. The first-order valence-electron chi connectivity index (χ1n) is 10.4. The van der Waals surface area contributed by atoms with E-state index in [0.717, 1.165) is 18.4 Å². The second-order valence-corrected chi connectivity index (χ2v) is 8.12. The number of hydrogen-bond acceptors (Lipinski definition) is 4. The number of carbonyl (C=O) groups excluding carboxylic acids is 1. The molecule has 0 heterocycles. The normalized spacial score (nSPS) is 10.3. The van der Waals surface area contributed by atoms with E-state index in [-0.39, 0.29) is 18.1 Å². The van der Waals surface area contributed by atoms with Crippen molar-refractivity contribution in [3.05, 3.63) is 29.8 Å². The third-order valence-corrected chi connectivity index (χ3v) is 4.69. The molecule has 0 unspecified atom stereocenters. The third kappa shape index (κ3) is 14.5. The van der Waals surface area contributed by atoms with Gasteiger partial charge in [0.05, 0.1) is 6.42 Å². The minimum Gasteiger partial charge on any atom is -0.371 e. The van der Waals surface area contributed by atoms with Gasteiger partial charge >= 0.3 is 10.3 Å². The Bertz CT molecular complexity index is 856. The van der Waals surface area contributed by atoms with Crippen molar-refractivity contribution in [1.29, 1.82) is 0 Å². The van der Waals surface area contributed by atoms with Gasteiger partial charge in [-0.3, -0.25) is 4.79 Å². The Hall–Kier alpha value is -2.48. The zero-order chi connectivity index (χ0) is 22.1. The van der Waals surface area contributed by atoms with Crippen molar-refractivity contribution in [2.24, 2.45) is 5.14 Å². The fraction of sp³-hybridized carbons (Fsp3) is 0.522. The minimum absolute atomic E-state index is 0.118. The molecule has 6 nitrogen and oxygen atoms in total. The van der Waals surface area contributed by atoms with Crippen LogP contribution < -0.4 is 14.6 Å². The maximum absolute atomic E-state index is 11.8. The van der Waals surface area contributed by atoms with Gasteiger partial charge in [0.15, 0.2) is 0 Å². The smallest absolute Gasteiger partial charge is 0.371 e. The fourth-order valence-electron chi connectivity index (χ4n) is 2.70. The maximum atomic E-state index is 11.8. The molecule has 0 bridgehead atoms. The van der Waals surface area contributed by atoms with Crippen LogP contribution in [0, 0.1) is 23.7 Å². The highest BCUT2D eigenvalue weighted by Crippen LogP contribution is 2.13. The summed E-state index contributed by atoms with van der Waals surface area (Å²) in [7, 11) is -4.02. The van der Waals surface area contributed by atoms with Crippen molar-refractivity contribution < 1.29 is 17.4 Å². The van der Waals surface area contributed by atoms with E-state index in [9.17, 15) is 13.2 Å². The van der Waals surface area contributed by atoms with Gasteiger partial charge in [0.25, 0.3) is 0 Å². The van der Waals surface area contributed by atoms with E-state index in [0.29, 0.717) is 13.0 Å². The number of nitrogens with two attached hydrogens (primary N) is 1. The summed E-state index contributed by atoms with van der Waals surface area (Å²) in [6.07, 6.45) is 10.4. The van der Waals surface area contributed by atoms with Crippen LogP contribution in [0.2, 0.25) is 0 Å². The van der Waals surface area contributed by atoms with Crippen LogP contribution in [-0.4, -0.2) is 20.9 Å². The number of benzene rings is 1. The molecule has 3 N–H and O–H groups in total. The Balaban J connectivity index is 2.13. The molecule has 0 aromatic heterocycles.